The maximum atomic E-state index is 13.0. The van der Waals surface area contributed by atoms with Crippen molar-refractivity contribution in [1.29, 1.82) is 0 Å². The van der Waals surface area contributed by atoms with E-state index in [1.807, 2.05) is 48.9 Å². The number of rotatable bonds is 9. The summed E-state index contributed by atoms with van der Waals surface area (Å²) in [6.07, 6.45) is 8.06. The molecule has 0 fully saturated rings. The van der Waals surface area contributed by atoms with Gasteiger partial charge in [-0.15, -0.1) is 0 Å². The summed E-state index contributed by atoms with van der Waals surface area (Å²) in [4.78, 5) is 21.5. The molecule has 1 unspecified atom stereocenters. The first-order valence-electron chi connectivity index (χ1n) is 13.5. The second kappa shape index (κ2) is 12.0. The molecule has 5 aromatic rings. The Labute approximate surface area is 233 Å². The van der Waals surface area contributed by atoms with E-state index in [0.29, 0.717) is 31.0 Å². The Hall–Kier alpha value is -4.75. The maximum absolute atomic E-state index is 13.0. The van der Waals surface area contributed by atoms with E-state index in [1.54, 1.807) is 12.4 Å². The van der Waals surface area contributed by atoms with Gasteiger partial charge < -0.3 is 19.9 Å². The summed E-state index contributed by atoms with van der Waals surface area (Å²) < 4.78 is 8.19. The van der Waals surface area contributed by atoms with E-state index < -0.39 is 0 Å². The number of carbonyl (C=O) groups excluding carboxylic acids is 1. The van der Waals surface area contributed by atoms with Gasteiger partial charge in [0.25, 0.3) is 5.91 Å². The molecule has 0 bridgehead atoms. The summed E-state index contributed by atoms with van der Waals surface area (Å²) in [5.41, 5.74) is 7.31. The molecule has 3 heterocycles. The quantitative estimate of drug-likeness (QED) is 0.262. The molecule has 200 valence electrons. The van der Waals surface area contributed by atoms with Gasteiger partial charge in [-0.25, -0.2) is 4.98 Å². The Morgan fingerprint density at radius 2 is 1.65 bits per heavy atom. The highest BCUT2D eigenvalue weighted by Gasteiger charge is 2.26. The summed E-state index contributed by atoms with van der Waals surface area (Å²) in [5.74, 6) is 0.510. The molecule has 3 aromatic carbocycles. The van der Waals surface area contributed by atoms with Crippen molar-refractivity contribution in [2.75, 3.05) is 6.61 Å². The summed E-state index contributed by atoms with van der Waals surface area (Å²) in [6, 6.07) is 28.7. The lowest BCUT2D eigenvalue weighted by atomic mass is 9.97. The van der Waals surface area contributed by atoms with E-state index in [-0.39, 0.29) is 11.9 Å². The summed E-state index contributed by atoms with van der Waals surface area (Å²) >= 11 is 0. The molecule has 2 N–H and O–H groups in total. The van der Waals surface area contributed by atoms with Gasteiger partial charge in [-0.3, -0.25) is 9.78 Å². The van der Waals surface area contributed by atoms with Gasteiger partial charge in [0.15, 0.2) is 0 Å². The van der Waals surface area contributed by atoms with Crippen molar-refractivity contribution in [3.05, 3.63) is 138 Å². The van der Waals surface area contributed by atoms with Gasteiger partial charge in [-0.05, 0) is 40.5 Å². The molecule has 0 spiro atoms. The number of aromatic nitrogens is 3. The lowest BCUT2D eigenvalue weighted by molar-refractivity contribution is 0.0945. The molecule has 7 nitrogen and oxygen atoms in total. The van der Waals surface area contributed by atoms with Crippen LogP contribution in [0.25, 0.3) is 11.1 Å². The van der Waals surface area contributed by atoms with Gasteiger partial charge in [0, 0.05) is 56.3 Å². The number of nitrogens with zero attached hydrogens (tertiary/aromatic N) is 3. The predicted molar refractivity (Wildman–Crippen MR) is 155 cm³/mol. The van der Waals surface area contributed by atoms with Gasteiger partial charge in [-0.1, -0.05) is 66.7 Å². The van der Waals surface area contributed by atoms with Gasteiger partial charge in [0.1, 0.15) is 5.75 Å². The molecule has 1 atom stereocenters. The van der Waals surface area contributed by atoms with Crippen molar-refractivity contribution in [3.8, 4) is 16.9 Å². The van der Waals surface area contributed by atoms with Gasteiger partial charge >= 0.3 is 0 Å². The van der Waals surface area contributed by atoms with E-state index >= 15 is 0 Å². The number of nitrogens with one attached hydrogen (secondary N) is 2. The van der Waals surface area contributed by atoms with Gasteiger partial charge in [0.2, 0.25) is 0 Å². The largest absolute Gasteiger partial charge is 0.492 e. The molecule has 40 heavy (non-hydrogen) atoms. The average Bonchev–Trinajstić information content (AvgIpc) is 3.46. The number of amides is 1. The molecule has 1 aliphatic rings. The Balaban J connectivity index is 1.11. The van der Waals surface area contributed by atoms with Crippen LogP contribution in [0.2, 0.25) is 0 Å². The zero-order valence-corrected chi connectivity index (χ0v) is 22.2. The fourth-order valence-corrected chi connectivity index (χ4v) is 5.09. The molecule has 0 aliphatic carbocycles. The number of fused-ring (bicyclic) bond motifs is 1. The third-order valence-corrected chi connectivity index (χ3v) is 7.26. The standard InChI is InChI=1S/C33H31N5O2/c39-33(37-19-24-13-16-34-17-14-24)30-8-4-7-29-31(15-18-40-32(29)30)36-21-28-20-35-23-38(28)22-25-9-11-27(12-10-25)26-5-2-1-3-6-26/h1-14,16-17,20,23,31,36H,15,18-19,21-22H2,(H,37,39). The van der Waals surface area contributed by atoms with Crippen LogP contribution < -0.4 is 15.4 Å². The van der Waals surface area contributed by atoms with Gasteiger partial charge in [-0.2, -0.15) is 0 Å². The number of carbonyl (C=O) groups is 1. The third kappa shape index (κ3) is 5.80. The van der Waals surface area contributed by atoms with Crippen LogP contribution in [0.5, 0.6) is 5.75 Å². The highest BCUT2D eigenvalue weighted by Crippen LogP contribution is 2.35. The summed E-state index contributed by atoms with van der Waals surface area (Å²) in [5, 5.41) is 6.68. The van der Waals surface area contributed by atoms with Crippen molar-refractivity contribution >= 4 is 5.91 Å². The second-order valence-corrected chi connectivity index (χ2v) is 9.91. The van der Waals surface area contributed by atoms with Gasteiger partial charge in [0.05, 0.1) is 24.2 Å². The minimum atomic E-state index is -0.148. The number of ether oxygens (including phenoxy) is 1. The Morgan fingerprint density at radius 1 is 0.850 bits per heavy atom. The first kappa shape index (κ1) is 25.5. The van der Waals surface area contributed by atoms with Crippen molar-refractivity contribution < 1.29 is 9.53 Å². The molecule has 2 aromatic heterocycles. The Morgan fingerprint density at radius 3 is 2.48 bits per heavy atom. The number of pyridine rings is 1. The SMILES string of the molecule is O=C(NCc1ccncc1)c1cccc2c1OCCC2NCc1cncn1Cc1ccc(-c2ccccc2)cc1. The lowest BCUT2D eigenvalue weighted by Gasteiger charge is -2.28. The van der Waals surface area contributed by atoms with Crippen LogP contribution in [0.15, 0.2) is 110 Å². The van der Waals surface area contributed by atoms with E-state index in [9.17, 15) is 4.79 Å². The maximum Gasteiger partial charge on any atom is 0.255 e. The van der Waals surface area contributed by atoms with Crippen molar-refractivity contribution in [2.45, 2.75) is 32.1 Å². The normalized spacial score (nSPS) is 14.2. The second-order valence-electron chi connectivity index (χ2n) is 9.91. The molecule has 1 amide bonds. The number of hydrogen-bond donors (Lipinski definition) is 2. The molecule has 7 heteroatoms. The Kier molecular flexibility index (Phi) is 7.64. The highest BCUT2D eigenvalue weighted by molar-refractivity contribution is 5.97. The van der Waals surface area contributed by atoms with E-state index in [4.69, 9.17) is 4.74 Å². The molecule has 1 aliphatic heterocycles. The van der Waals surface area contributed by atoms with Crippen molar-refractivity contribution in [1.82, 2.24) is 25.2 Å². The molecular weight excluding hydrogens is 498 g/mol. The average molecular weight is 530 g/mol. The first-order valence-corrected chi connectivity index (χ1v) is 13.5. The van der Waals surface area contributed by atoms with E-state index in [1.165, 1.54) is 16.7 Å². The monoisotopic (exact) mass is 529 g/mol. The number of hydrogen-bond acceptors (Lipinski definition) is 5. The van der Waals surface area contributed by atoms with Crippen LogP contribution in [0.4, 0.5) is 0 Å². The molecule has 0 saturated carbocycles. The molecule has 6 rings (SSSR count). The van der Waals surface area contributed by atoms with Crippen LogP contribution >= 0.6 is 0 Å². The molecule has 0 saturated heterocycles. The predicted octanol–water partition coefficient (Wildman–Crippen LogP) is 5.54. The zero-order valence-electron chi connectivity index (χ0n) is 22.2. The number of para-hydroxylation sites is 1. The molecular formula is C33H31N5O2. The van der Waals surface area contributed by atoms with Crippen LogP contribution in [0.1, 0.15) is 45.2 Å². The van der Waals surface area contributed by atoms with E-state index in [0.717, 1.165) is 29.8 Å². The minimum absolute atomic E-state index is 0.0743. The minimum Gasteiger partial charge on any atom is -0.492 e. The van der Waals surface area contributed by atoms with E-state index in [2.05, 4.69) is 73.7 Å². The first-order chi connectivity index (χ1) is 19.7. The number of imidazole rings is 1. The van der Waals surface area contributed by atoms with Crippen LogP contribution in [0, 0.1) is 0 Å². The fraction of sp³-hybridized carbons (Fsp3) is 0.182. The smallest absolute Gasteiger partial charge is 0.255 e. The molecule has 0 radical (unpaired) electrons. The van der Waals surface area contributed by atoms with Crippen LogP contribution in [-0.2, 0) is 19.6 Å². The van der Waals surface area contributed by atoms with Crippen molar-refractivity contribution in [3.63, 3.8) is 0 Å². The third-order valence-electron chi connectivity index (χ3n) is 7.26. The van der Waals surface area contributed by atoms with Crippen LogP contribution in [0.3, 0.4) is 0 Å². The summed E-state index contributed by atoms with van der Waals surface area (Å²) in [6.45, 7) is 2.39. The van der Waals surface area contributed by atoms with Crippen molar-refractivity contribution in [2.24, 2.45) is 0 Å². The summed E-state index contributed by atoms with van der Waals surface area (Å²) in [7, 11) is 0. The highest BCUT2D eigenvalue weighted by atomic mass is 16.5. The fourth-order valence-electron chi connectivity index (χ4n) is 5.09. The topological polar surface area (TPSA) is 81.1 Å². The Bertz CT molecular complexity index is 1570. The number of benzene rings is 3. The van der Waals surface area contributed by atoms with Crippen LogP contribution in [-0.4, -0.2) is 27.0 Å². The zero-order chi connectivity index (χ0) is 27.1. The lowest BCUT2D eigenvalue weighted by Crippen LogP contribution is -2.30.